The van der Waals surface area contributed by atoms with Crippen molar-refractivity contribution < 1.29 is 4.74 Å². The molecule has 3 heteroatoms. The van der Waals surface area contributed by atoms with E-state index in [4.69, 9.17) is 9.73 Å². The predicted molar refractivity (Wildman–Crippen MR) is 107 cm³/mol. The maximum Gasteiger partial charge on any atom is 0.119 e. The van der Waals surface area contributed by atoms with E-state index in [1.54, 1.807) is 7.11 Å². The molecule has 0 spiro atoms. The van der Waals surface area contributed by atoms with Gasteiger partial charge < -0.3 is 4.74 Å². The van der Waals surface area contributed by atoms with Crippen LogP contribution in [0.4, 0.5) is 0 Å². The monoisotopic (exact) mass is 344 g/mol. The van der Waals surface area contributed by atoms with Crippen LogP contribution in [0.3, 0.4) is 0 Å². The molecule has 4 rings (SSSR count). The Labute approximate surface area is 154 Å². The third kappa shape index (κ3) is 3.22. The van der Waals surface area contributed by atoms with Gasteiger partial charge in [-0.15, -0.1) is 0 Å². The molecule has 0 N–H and O–H groups in total. The van der Waals surface area contributed by atoms with Gasteiger partial charge in [-0.2, -0.15) is 0 Å². The number of benzene rings is 2. The SMILES string of the molecule is CCCCC1Cc2cc(OC)ccc2C(c2ccc3ncccc3c2)=N1. The molecule has 132 valence electrons. The zero-order chi connectivity index (χ0) is 17.9. The number of aromatic nitrogens is 1. The molecule has 3 aromatic rings. The van der Waals surface area contributed by atoms with Crippen LogP contribution in [-0.2, 0) is 6.42 Å². The largest absolute Gasteiger partial charge is 0.497 e. The van der Waals surface area contributed by atoms with Crippen LogP contribution in [0.25, 0.3) is 10.9 Å². The molecule has 1 atom stereocenters. The Bertz CT molecular complexity index is 961. The molecule has 2 heterocycles. The van der Waals surface area contributed by atoms with Crippen LogP contribution in [0.1, 0.15) is 42.9 Å². The van der Waals surface area contributed by atoms with Gasteiger partial charge in [0.25, 0.3) is 0 Å². The van der Waals surface area contributed by atoms with Gasteiger partial charge in [-0.3, -0.25) is 9.98 Å². The van der Waals surface area contributed by atoms with E-state index in [1.807, 2.05) is 18.3 Å². The summed E-state index contributed by atoms with van der Waals surface area (Å²) in [6.45, 7) is 2.24. The lowest BCUT2D eigenvalue weighted by Crippen LogP contribution is -2.22. The zero-order valence-electron chi connectivity index (χ0n) is 15.4. The molecule has 0 bridgehead atoms. The van der Waals surface area contributed by atoms with Gasteiger partial charge in [-0.05, 0) is 54.8 Å². The van der Waals surface area contributed by atoms with Crippen LogP contribution < -0.4 is 4.74 Å². The topological polar surface area (TPSA) is 34.5 Å². The molecule has 0 fully saturated rings. The number of fused-ring (bicyclic) bond motifs is 2. The Kier molecular flexibility index (Phi) is 4.70. The Hall–Kier alpha value is -2.68. The Morgan fingerprint density at radius 3 is 2.88 bits per heavy atom. The lowest BCUT2D eigenvalue weighted by molar-refractivity contribution is 0.414. The van der Waals surface area contributed by atoms with E-state index in [0.29, 0.717) is 6.04 Å². The highest BCUT2D eigenvalue weighted by Gasteiger charge is 2.22. The maximum absolute atomic E-state index is 5.45. The second-order valence-corrected chi connectivity index (χ2v) is 6.91. The first kappa shape index (κ1) is 16.8. The van der Waals surface area contributed by atoms with Crippen molar-refractivity contribution in [1.29, 1.82) is 0 Å². The summed E-state index contributed by atoms with van der Waals surface area (Å²) in [5, 5.41) is 1.15. The van der Waals surface area contributed by atoms with Crippen molar-refractivity contribution in [3.05, 3.63) is 71.4 Å². The fourth-order valence-electron chi connectivity index (χ4n) is 3.71. The summed E-state index contributed by atoms with van der Waals surface area (Å²) >= 11 is 0. The average Bonchev–Trinajstić information content (AvgIpc) is 2.70. The van der Waals surface area contributed by atoms with Crippen molar-refractivity contribution in [2.24, 2.45) is 4.99 Å². The first-order valence-corrected chi connectivity index (χ1v) is 9.38. The fourth-order valence-corrected chi connectivity index (χ4v) is 3.71. The van der Waals surface area contributed by atoms with E-state index in [0.717, 1.165) is 40.8 Å². The predicted octanol–water partition coefficient (Wildman–Crippen LogP) is 5.20. The number of rotatable bonds is 5. The summed E-state index contributed by atoms with van der Waals surface area (Å²) in [6.07, 6.45) is 6.37. The average molecular weight is 344 g/mol. The molecule has 0 saturated carbocycles. The van der Waals surface area contributed by atoms with E-state index < -0.39 is 0 Å². The normalized spacial score (nSPS) is 16.2. The number of methoxy groups -OCH3 is 1. The second-order valence-electron chi connectivity index (χ2n) is 6.91. The van der Waals surface area contributed by atoms with Gasteiger partial charge in [0, 0.05) is 22.7 Å². The zero-order valence-corrected chi connectivity index (χ0v) is 15.4. The van der Waals surface area contributed by atoms with Gasteiger partial charge in [0.1, 0.15) is 5.75 Å². The number of hydrogen-bond acceptors (Lipinski definition) is 3. The van der Waals surface area contributed by atoms with Crippen molar-refractivity contribution in [2.45, 2.75) is 38.6 Å². The van der Waals surface area contributed by atoms with E-state index in [9.17, 15) is 0 Å². The minimum Gasteiger partial charge on any atom is -0.497 e. The smallest absolute Gasteiger partial charge is 0.119 e. The van der Waals surface area contributed by atoms with E-state index in [2.05, 4.69) is 48.3 Å². The first-order chi connectivity index (χ1) is 12.8. The third-order valence-corrected chi connectivity index (χ3v) is 5.10. The molecule has 1 unspecified atom stereocenters. The number of aliphatic imine (C=N–C) groups is 1. The van der Waals surface area contributed by atoms with Gasteiger partial charge >= 0.3 is 0 Å². The highest BCUT2D eigenvalue weighted by Crippen LogP contribution is 2.29. The number of unbranched alkanes of at least 4 members (excludes halogenated alkanes) is 1. The van der Waals surface area contributed by atoms with E-state index in [1.165, 1.54) is 24.0 Å². The maximum atomic E-state index is 5.45. The Balaban J connectivity index is 1.81. The standard InChI is InChI=1S/C23H24N2O/c1-3-4-7-19-14-18-15-20(26-2)9-10-21(18)23(25-19)17-8-11-22-16(13-17)6-5-12-24-22/h5-6,8-13,15,19H,3-4,7,14H2,1-2H3. The van der Waals surface area contributed by atoms with Crippen molar-refractivity contribution >= 4 is 16.6 Å². The highest BCUT2D eigenvalue weighted by atomic mass is 16.5. The molecule has 1 aliphatic rings. The molecule has 2 aromatic carbocycles. The number of nitrogens with zero attached hydrogens (tertiary/aromatic N) is 2. The van der Waals surface area contributed by atoms with Crippen LogP contribution in [0.5, 0.6) is 5.75 Å². The third-order valence-electron chi connectivity index (χ3n) is 5.10. The van der Waals surface area contributed by atoms with E-state index in [-0.39, 0.29) is 0 Å². The van der Waals surface area contributed by atoms with Crippen molar-refractivity contribution in [1.82, 2.24) is 4.98 Å². The molecule has 0 radical (unpaired) electrons. The van der Waals surface area contributed by atoms with Crippen molar-refractivity contribution in [3.63, 3.8) is 0 Å². The van der Waals surface area contributed by atoms with Gasteiger partial charge in [0.2, 0.25) is 0 Å². The van der Waals surface area contributed by atoms with Crippen molar-refractivity contribution in [3.8, 4) is 5.75 Å². The molecule has 0 amide bonds. The van der Waals surface area contributed by atoms with Crippen LogP contribution in [-0.4, -0.2) is 23.8 Å². The molecule has 0 saturated heterocycles. The summed E-state index contributed by atoms with van der Waals surface area (Å²) in [7, 11) is 1.73. The Morgan fingerprint density at radius 1 is 1.12 bits per heavy atom. The summed E-state index contributed by atoms with van der Waals surface area (Å²) in [5.41, 5.74) is 5.84. The van der Waals surface area contributed by atoms with Gasteiger partial charge in [-0.25, -0.2) is 0 Å². The number of hydrogen-bond donors (Lipinski definition) is 0. The molecule has 3 nitrogen and oxygen atoms in total. The quantitative estimate of drug-likeness (QED) is 0.638. The molecular formula is C23H24N2O. The summed E-state index contributed by atoms with van der Waals surface area (Å²) < 4.78 is 5.45. The van der Waals surface area contributed by atoms with Gasteiger partial charge in [0.15, 0.2) is 0 Å². The van der Waals surface area contributed by atoms with Crippen LogP contribution in [0.2, 0.25) is 0 Å². The minimum absolute atomic E-state index is 0.342. The number of ether oxygens (including phenoxy) is 1. The molecule has 0 aliphatic carbocycles. The van der Waals surface area contributed by atoms with Gasteiger partial charge in [-0.1, -0.05) is 31.9 Å². The first-order valence-electron chi connectivity index (χ1n) is 9.38. The molecular weight excluding hydrogens is 320 g/mol. The molecule has 26 heavy (non-hydrogen) atoms. The summed E-state index contributed by atoms with van der Waals surface area (Å²) in [5.74, 6) is 0.918. The van der Waals surface area contributed by atoms with Crippen molar-refractivity contribution in [2.75, 3.05) is 7.11 Å². The van der Waals surface area contributed by atoms with Crippen LogP contribution in [0, 0.1) is 0 Å². The lowest BCUT2D eigenvalue weighted by Gasteiger charge is -2.24. The number of pyridine rings is 1. The van der Waals surface area contributed by atoms with Crippen LogP contribution in [0.15, 0.2) is 59.7 Å². The Morgan fingerprint density at radius 2 is 2.04 bits per heavy atom. The second kappa shape index (κ2) is 7.28. The minimum atomic E-state index is 0.342. The lowest BCUT2D eigenvalue weighted by atomic mass is 9.88. The summed E-state index contributed by atoms with van der Waals surface area (Å²) in [4.78, 5) is 9.58. The molecule has 1 aliphatic heterocycles. The fraction of sp³-hybridized carbons (Fsp3) is 0.304. The van der Waals surface area contributed by atoms with E-state index >= 15 is 0 Å². The summed E-state index contributed by atoms with van der Waals surface area (Å²) in [6, 6.07) is 17.2. The molecule has 1 aromatic heterocycles. The van der Waals surface area contributed by atoms with Crippen LogP contribution >= 0.6 is 0 Å². The van der Waals surface area contributed by atoms with Gasteiger partial charge in [0.05, 0.1) is 24.4 Å². The highest BCUT2D eigenvalue weighted by molar-refractivity contribution is 6.15.